The van der Waals surface area contributed by atoms with Crippen molar-refractivity contribution in [2.45, 2.75) is 6.42 Å². The standard InChI is InChI=1S/C11H9Cl2N3O/c1-16-11(14-6-15-16)5-10(17)7-2-8(12)4-9(13)3-7/h2-4,6H,5H2,1H3. The fourth-order valence-corrected chi connectivity index (χ4v) is 1.97. The molecule has 0 unspecified atom stereocenters. The van der Waals surface area contributed by atoms with E-state index in [4.69, 9.17) is 23.2 Å². The second-order valence-corrected chi connectivity index (χ2v) is 4.43. The first-order chi connectivity index (χ1) is 8.06. The summed E-state index contributed by atoms with van der Waals surface area (Å²) in [6, 6.07) is 4.76. The number of hydrogen-bond acceptors (Lipinski definition) is 3. The lowest BCUT2D eigenvalue weighted by atomic mass is 10.1. The van der Waals surface area contributed by atoms with Gasteiger partial charge in [0.25, 0.3) is 0 Å². The van der Waals surface area contributed by atoms with Crippen LogP contribution in [0, 0.1) is 0 Å². The Morgan fingerprint density at radius 3 is 2.47 bits per heavy atom. The predicted molar refractivity (Wildman–Crippen MR) is 65.5 cm³/mol. The molecule has 2 rings (SSSR count). The summed E-state index contributed by atoms with van der Waals surface area (Å²) in [5.41, 5.74) is 0.477. The second-order valence-electron chi connectivity index (χ2n) is 3.56. The van der Waals surface area contributed by atoms with Crippen molar-refractivity contribution in [1.82, 2.24) is 14.8 Å². The Kier molecular flexibility index (Phi) is 3.45. The van der Waals surface area contributed by atoms with Crippen molar-refractivity contribution in [3.63, 3.8) is 0 Å². The number of aryl methyl sites for hydroxylation is 1. The fraction of sp³-hybridized carbons (Fsp3) is 0.182. The highest BCUT2D eigenvalue weighted by Gasteiger charge is 2.12. The first-order valence-electron chi connectivity index (χ1n) is 4.88. The Morgan fingerprint density at radius 2 is 1.94 bits per heavy atom. The summed E-state index contributed by atoms with van der Waals surface area (Å²) < 4.78 is 1.56. The maximum absolute atomic E-state index is 12.0. The topological polar surface area (TPSA) is 47.8 Å². The average Bonchev–Trinajstić information content (AvgIpc) is 2.63. The lowest BCUT2D eigenvalue weighted by Gasteiger charge is -2.02. The Bertz CT molecular complexity index is 545. The van der Waals surface area contributed by atoms with Crippen LogP contribution in [0.4, 0.5) is 0 Å². The number of ketones is 1. The van der Waals surface area contributed by atoms with Gasteiger partial charge in [-0.25, -0.2) is 4.98 Å². The van der Waals surface area contributed by atoms with Crippen LogP contribution in [0.2, 0.25) is 10.0 Å². The van der Waals surface area contributed by atoms with Crippen molar-refractivity contribution in [2.75, 3.05) is 0 Å². The Labute approximate surface area is 108 Å². The third kappa shape index (κ3) is 2.84. The van der Waals surface area contributed by atoms with Gasteiger partial charge in [-0.05, 0) is 18.2 Å². The number of Topliss-reactive ketones (excluding diaryl/α,β-unsaturated/α-hetero) is 1. The van der Waals surface area contributed by atoms with E-state index < -0.39 is 0 Å². The minimum atomic E-state index is -0.0921. The van der Waals surface area contributed by atoms with Crippen LogP contribution in [-0.4, -0.2) is 20.5 Å². The molecule has 0 bridgehead atoms. The van der Waals surface area contributed by atoms with E-state index in [9.17, 15) is 4.79 Å². The van der Waals surface area contributed by atoms with Gasteiger partial charge in [-0.2, -0.15) is 5.10 Å². The van der Waals surface area contributed by atoms with E-state index in [0.29, 0.717) is 21.4 Å². The van der Waals surface area contributed by atoms with Crippen molar-refractivity contribution in [3.05, 3.63) is 46.0 Å². The summed E-state index contributed by atoms with van der Waals surface area (Å²) in [6.07, 6.45) is 1.58. The maximum Gasteiger partial charge on any atom is 0.170 e. The first kappa shape index (κ1) is 12.1. The number of nitrogens with zero attached hydrogens (tertiary/aromatic N) is 3. The third-order valence-electron chi connectivity index (χ3n) is 2.31. The van der Waals surface area contributed by atoms with E-state index in [1.807, 2.05) is 0 Å². The molecule has 1 aromatic carbocycles. The number of hydrogen-bond donors (Lipinski definition) is 0. The number of carbonyl (C=O) groups is 1. The van der Waals surface area contributed by atoms with Gasteiger partial charge in [-0.1, -0.05) is 23.2 Å². The lowest BCUT2D eigenvalue weighted by molar-refractivity contribution is 0.0989. The van der Waals surface area contributed by atoms with Crippen molar-refractivity contribution in [1.29, 1.82) is 0 Å². The van der Waals surface area contributed by atoms with Gasteiger partial charge in [0.05, 0.1) is 6.42 Å². The molecule has 1 heterocycles. The summed E-state index contributed by atoms with van der Waals surface area (Å²) in [6.45, 7) is 0. The highest BCUT2D eigenvalue weighted by molar-refractivity contribution is 6.35. The van der Waals surface area contributed by atoms with Crippen LogP contribution in [0.25, 0.3) is 0 Å². The van der Waals surface area contributed by atoms with Gasteiger partial charge < -0.3 is 0 Å². The van der Waals surface area contributed by atoms with Crippen molar-refractivity contribution in [2.24, 2.45) is 7.05 Å². The molecule has 0 saturated heterocycles. The first-order valence-corrected chi connectivity index (χ1v) is 5.64. The van der Waals surface area contributed by atoms with Gasteiger partial charge >= 0.3 is 0 Å². The Morgan fingerprint density at radius 1 is 1.29 bits per heavy atom. The van der Waals surface area contributed by atoms with Gasteiger partial charge in [0, 0.05) is 22.7 Å². The SMILES string of the molecule is Cn1ncnc1CC(=O)c1cc(Cl)cc(Cl)c1. The van der Waals surface area contributed by atoms with Crippen LogP contribution in [0.5, 0.6) is 0 Å². The van der Waals surface area contributed by atoms with Gasteiger partial charge in [0.2, 0.25) is 0 Å². The molecule has 0 saturated carbocycles. The number of benzene rings is 1. The molecule has 0 amide bonds. The summed E-state index contributed by atoms with van der Waals surface area (Å²) in [4.78, 5) is 16.0. The molecule has 0 spiro atoms. The molecule has 4 nitrogen and oxygen atoms in total. The van der Waals surface area contributed by atoms with Crippen LogP contribution >= 0.6 is 23.2 Å². The Balaban J connectivity index is 2.23. The Hall–Kier alpha value is -1.39. The van der Waals surface area contributed by atoms with Crippen LogP contribution in [0.1, 0.15) is 16.2 Å². The average molecular weight is 270 g/mol. The van der Waals surface area contributed by atoms with Gasteiger partial charge in [-0.15, -0.1) is 0 Å². The normalized spacial score (nSPS) is 10.5. The number of halogens is 2. The van der Waals surface area contributed by atoms with E-state index in [-0.39, 0.29) is 12.2 Å². The van der Waals surface area contributed by atoms with E-state index in [2.05, 4.69) is 10.1 Å². The highest BCUT2D eigenvalue weighted by atomic mass is 35.5. The predicted octanol–water partition coefficient (Wildman–Crippen LogP) is 2.55. The summed E-state index contributed by atoms with van der Waals surface area (Å²) in [7, 11) is 1.74. The van der Waals surface area contributed by atoms with Crippen LogP contribution in [-0.2, 0) is 13.5 Å². The number of aromatic nitrogens is 3. The number of carbonyl (C=O) groups excluding carboxylic acids is 1. The number of rotatable bonds is 3. The maximum atomic E-state index is 12.0. The molecule has 0 aliphatic heterocycles. The molecule has 0 aliphatic carbocycles. The molecule has 88 valence electrons. The zero-order valence-electron chi connectivity index (χ0n) is 9.02. The minimum absolute atomic E-state index is 0.0921. The molecular weight excluding hydrogens is 261 g/mol. The fourth-order valence-electron chi connectivity index (χ4n) is 1.44. The highest BCUT2D eigenvalue weighted by Crippen LogP contribution is 2.20. The monoisotopic (exact) mass is 269 g/mol. The molecule has 2 aromatic rings. The molecule has 0 fully saturated rings. The van der Waals surface area contributed by atoms with E-state index >= 15 is 0 Å². The molecule has 17 heavy (non-hydrogen) atoms. The summed E-state index contributed by atoms with van der Waals surface area (Å²) in [5.74, 6) is 0.511. The van der Waals surface area contributed by atoms with Crippen LogP contribution < -0.4 is 0 Å². The quantitative estimate of drug-likeness (QED) is 0.805. The van der Waals surface area contributed by atoms with Gasteiger partial charge in [0.1, 0.15) is 12.2 Å². The second kappa shape index (κ2) is 4.85. The van der Waals surface area contributed by atoms with E-state index in [1.165, 1.54) is 6.33 Å². The summed E-state index contributed by atoms with van der Waals surface area (Å²) in [5, 5.41) is 4.79. The van der Waals surface area contributed by atoms with Crippen molar-refractivity contribution in [3.8, 4) is 0 Å². The molecular formula is C11H9Cl2N3O. The van der Waals surface area contributed by atoms with Crippen LogP contribution in [0.15, 0.2) is 24.5 Å². The van der Waals surface area contributed by atoms with Crippen LogP contribution in [0.3, 0.4) is 0 Å². The lowest BCUT2D eigenvalue weighted by Crippen LogP contribution is -2.09. The zero-order chi connectivity index (χ0) is 12.4. The largest absolute Gasteiger partial charge is 0.294 e. The molecule has 0 radical (unpaired) electrons. The van der Waals surface area contributed by atoms with Gasteiger partial charge in [0.15, 0.2) is 5.78 Å². The van der Waals surface area contributed by atoms with Crippen molar-refractivity contribution >= 4 is 29.0 Å². The van der Waals surface area contributed by atoms with E-state index in [1.54, 1.807) is 29.9 Å². The zero-order valence-corrected chi connectivity index (χ0v) is 10.5. The van der Waals surface area contributed by atoms with Gasteiger partial charge in [-0.3, -0.25) is 9.48 Å². The molecule has 0 atom stereocenters. The molecule has 0 N–H and O–H groups in total. The van der Waals surface area contributed by atoms with E-state index in [0.717, 1.165) is 0 Å². The third-order valence-corrected chi connectivity index (χ3v) is 2.74. The molecule has 1 aromatic heterocycles. The minimum Gasteiger partial charge on any atom is -0.294 e. The smallest absolute Gasteiger partial charge is 0.170 e. The van der Waals surface area contributed by atoms with Crippen molar-refractivity contribution < 1.29 is 4.79 Å². The summed E-state index contributed by atoms with van der Waals surface area (Å²) >= 11 is 11.7. The molecule has 0 aliphatic rings. The molecule has 6 heteroatoms.